The number of nitriles is 1. The van der Waals surface area contributed by atoms with Crippen molar-refractivity contribution in [1.29, 1.82) is 5.26 Å². The number of nitrogens with zero attached hydrogens (tertiary/aromatic N) is 1. The molecule has 0 aliphatic heterocycles. The zero-order valence-corrected chi connectivity index (χ0v) is 7.04. The number of allylic oxidation sites excluding steroid dienone is 4. The lowest BCUT2D eigenvalue weighted by molar-refractivity contribution is 0.513. The first-order chi connectivity index (χ1) is 5.24. The molecule has 0 saturated carbocycles. The van der Waals surface area contributed by atoms with Crippen LogP contribution in [-0.4, -0.2) is 0 Å². The van der Waals surface area contributed by atoms with Gasteiger partial charge in [0.05, 0.1) is 6.07 Å². The minimum absolute atomic E-state index is 0.434. The molecule has 0 amide bonds. The molecule has 1 nitrogen and oxygen atoms in total. The van der Waals surface area contributed by atoms with Crippen LogP contribution < -0.4 is 0 Å². The third kappa shape index (κ3) is 1.94. The molecular formula is C10H13N. The zero-order chi connectivity index (χ0) is 8.27. The molecule has 0 aromatic heterocycles. The summed E-state index contributed by atoms with van der Waals surface area (Å²) in [5.74, 6) is 0.961. The third-order valence-corrected chi connectivity index (χ3v) is 2.13. The maximum absolute atomic E-state index is 8.50. The van der Waals surface area contributed by atoms with Gasteiger partial charge in [-0.3, -0.25) is 0 Å². The molecule has 0 fully saturated rings. The van der Waals surface area contributed by atoms with Gasteiger partial charge in [0, 0.05) is 6.42 Å². The van der Waals surface area contributed by atoms with Gasteiger partial charge < -0.3 is 0 Å². The first-order valence-corrected chi connectivity index (χ1v) is 3.97. The van der Waals surface area contributed by atoms with Crippen LogP contribution in [0.25, 0.3) is 0 Å². The van der Waals surface area contributed by atoms with E-state index in [0.717, 1.165) is 0 Å². The Labute approximate surface area is 68.0 Å². The van der Waals surface area contributed by atoms with E-state index in [4.69, 9.17) is 5.26 Å². The van der Waals surface area contributed by atoms with Gasteiger partial charge in [0.1, 0.15) is 0 Å². The van der Waals surface area contributed by atoms with Gasteiger partial charge in [-0.2, -0.15) is 5.26 Å². The second kappa shape index (κ2) is 3.39. The summed E-state index contributed by atoms with van der Waals surface area (Å²) < 4.78 is 0. The molecule has 0 radical (unpaired) electrons. The molecule has 1 heteroatoms. The molecule has 1 aliphatic rings. The molecule has 2 unspecified atom stereocenters. The fraction of sp³-hybridized carbons (Fsp3) is 0.500. The van der Waals surface area contributed by atoms with E-state index >= 15 is 0 Å². The summed E-state index contributed by atoms with van der Waals surface area (Å²) in [6.45, 7) is 4.25. The third-order valence-electron chi connectivity index (χ3n) is 2.13. The summed E-state index contributed by atoms with van der Waals surface area (Å²) >= 11 is 0. The molecule has 1 aliphatic carbocycles. The van der Waals surface area contributed by atoms with Crippen LogP contribution in [0.4, 0.5) is 0 Å². The molecule has 1 rings (SSSR count). The second-order valence-corrected chi connectivity index (χ2v) is 3.16. The summed E-state index contributed by atoms with van der Waals surface area (Å²) in [6, 6.07) is 2.20. The molecule has 0 spiro atoms. The van der Waals surface area contributed by atoms with Gasteiger partial charge in [0.2, 0.25) is 0 Å². The van der Waals surface area contributed by atoms with Crippen LogP contribution in [0.1, 0.15) is 20.3 Å². The van der Waals surface area contributed by atoms with Crippen LogP contribution in [0.3, 0.4) is 0 Å². The first-order valence-electron chi connectivity index (χ1n) is 3.97. The summed E-state index contributed by atoms with van der Waals surface area (Å²) in [5, 5.41) is 8.50. The standard InChI is InChI=1S/C10H13N/c1-8-3-4-10(5-6-11)9(2)7-8/h3-4,7,9-10H,5H2,1-2H3. The first kappa shape index (κ1) is 8.07. The van der Waals surface area contributed by atoms with Gasteiger partial charge in [0.15, 0.2) is 0 Å². The largest absolute Gasteiger partial charge is 0.198 e. The molecular weight excluding hydrogens is 134 g/mol. The minimum Gasteiger partial charge on any atom is -0.198 e. The molecule has 0 aromatic carbocycles. The molecule has 0 bridgehead atoms. The van der Waals surface area contributed by atoms with Crippen molar-refractivity contribution in [1.82, 2.24) is 0 Å². The SMILES string of the molecule is CC1=CC(C)C(CC#N)C=C1. The monoisotopic (exact) mass is 147 g/mol. The van der Waals surface area contributed by atoms with E-state index in [2.05, 4.69) is 38.1 Å². The topological polar surface area (TPSA) is 23.8 Å². The van der Waals surface area contributed by atoms with Gasteiger partial charge in [-0.05, 0) is 18.8 Å². The van der Waals surface area contributed by atoms with Crippen molar-refractivity contribution in [2.24, 2.45) is 11.8 Å². The van der Waals surface area contributed by atoms with E-state index in [-0.39, 0.29) is 0 Å². The van der Waals surface area contributed by atoms with E-state index in [9.17, 15) is 0 Å². The summed E-state index contributed by atoms with van der Waals surface area (Å²) in [6.07, 6.45) is 7.11. The molecule has 0 N–H and O–H groups in total. The lowest BCUT2D eigenvalue weighted by atomic mass is 9.86. The van der Waals surface area contributed by atoms with Crippen LogP contribution in [0.2, 0.25) is 0 Å². The Morgan fingerprint density at radius 2 is 2.36 bits per heavy atom. The van der Waals surface area contributed by atoms with Crippen LogP contribution in [0, 0.1) is 23.2 Å². The number of hydrogen-bond acceptors (Lipinski definition) is 1. The predicted molar refractivity (Wildman–Crippen MR) is 45.8 cm³/mol. The van der Waals surface area contributed by atoms with Gasteiger partial charge in [-0.25, -0.2) is 0 Å². The highest BCUT2D eigenvalue weighted by molar-refractivity contribution is 5.23. The van der Waals surface area contributed by atoms with E-state index < -0.39 is 0 Å². The second-order valence-electron chi connectivity index (χ2n) is 3.16. The zero-order valence-electron chi connectivity index (χ0n) is 7.04. The molecule has 2 atom stereocenters. The summed E-state index contributed by atoms with van der Waals surface area (Å²) in [5.41, 5.74) is 1.31. The fourth-order valence-electron chi connectivity index (χ4n) is 1.40. The van der Waals surface area contributed by atoms with Crippen molar-refractivity contribution in [2.75, 3.05) is 0 Å². The predicted octanol–water partition coefficient (Wildman–Crippen LogP) is 2.67. The highest BCUT2D eigenvalue weighted by Gasteiger charge is 2.14. The van der Waals surface area contributed by atoms with Crippen LogP contribution in [0.15, 0.2) is 23.8 Å². The molecule has 11 heavy (non-hydrogen) atoms. The highest BCUT2D eigenvalue weighted by Crippen LogP contribution is 2.24. The number of hydrogen-bond donors (Lipinski definition) is 0. The van der Waals surface area contributed by atoms with E-state index in [1.54, 1.807) is 0 Å². The van der Waals surface area contributed by atoms with E-state index in [0.29, 0.717) is 18.3 Å². The molecule has 58 valence electrons. The number of rotatable bonds is 1. The highest BCUT2D eigenvalue weighted by atomic mass is 14.3. The average Bonchev–Trinajstić information content (AvgIpc) is 1.95. The van der Waals surface area contributed by atoms with Crippen molar-refractivity contribution in [2.45, 2.75) is 20.3 Å². The Bertz CT molecular complexity index is 230. The van der Waals surface area contributed by atoms with Crippen molar-refractivity contribution in [3.63, 3.8) is 0 Å². The lowest BCUT2D eigenvalue weighted by Gasteiger charge is -2.18. The van der Waals surface area contributed by atoms with Gasteiger partial charge in [-0.1, -0.05) is 30.7 Å². The lowest BCUT2D eigenvalue weighted by Crippen LogP contribution is -2.09. The smallest absolute Gasteiger partial charge is 0.0628 e. The fourth-order valence-corrected chi connectivity index (χ4v) is 1.40. The minimum atomic E-state index is 0.434. The van der Waals surface area contributed by atoms with Crippen LogP contribution in [0.5, 0.6) is 0 Å². The average molecular weight is 147 g/mol. The van der Waals surface area contributed by atoms with Crippen molar-refractivity contribution in [3.8, 4) is 6.07 Å². The maximum Gasteiger partial charge on any atom is 0.0628 e. The Morgan fingerprint density at radius 1 is 1.64 bits per heavy atom. The van der Waals surface area contributed by atoms with Crippen molar-refractivity contribution < 1.29 is 0 Å². The summed E-state index contributed by atoms with van der Waals surface area (Å²) in [4.78, 5) is 0. The Morgan fingerprint density at radius 3 is 2.91 bits per heavy atom. The van der Waals surface area contributed by atoms with Gasteiger partial charge in [0.25, 0.3) is 0 Å². The Balaban J connectivity index is 2.63. The normalized spacial score (nSPS) is 29.4. The summed E-state index contributed by atoms with van der Waals surface area (Å²) in [7, 11) is 0. The van der Waals surface area contributed by atoms with Crippen LogP contribution >= 0.6 is 0 Å². The van der Waals surface area contributed by atoms with Gasteiger partial charge in [-0.15, -0.1) is 0 Å². The van der Waals surface area contributed by atoms with Crippen molar-refractivity contribution >= 4 is 0 Å². The molecule has 0 saturated heterocycles. The van der Waals surface area contributed by atoms with Gasteiger partial charge >= 0.3 is 0 Å². The van der Waals surface area contributed by atoms with Crippen molar-refractivity contribution in [3.05, 3.63) is 23.8 Å². The quantitative estimate of drug-likeness (QED) is 0.559. The van der Waals surface area contributed by atoms with Crippen LogP contribution in [-0.2, 0) is 0 Å². The molecule has 0 heterocycles. The molecule has 0 aromatic rings. The Hall–Kier alpha value is -1.03. The van der Waals surface area contributed by atoms with E-state index in [1.165, 1.54) is 5.57 Å². The van der Waals surface area contributed by atoms with E-state index in [1.807, 2.05) is 0 Å². The maximum atomic E-state index is 8.50. The Kier molecular flexibility index (Phi) is 2.48.